The normalized spacial score (nSPS) is 12.2. The zero-order chi connectivity index (χ0) is 19.9. The molecule has 3 rings (SSSR count). The number of methoxy groups -OCH3 is 1. The topological polar surface area (TPSA) is 85.9 Å². The second-order valence-corrected chi connectivity index (χ2v) is 5.82. The highest BCUT2D eigenvalue weighted by atomic mass is 16.7. The van der Waals surface area contributed by atoms with Crippen molar-refractivity contribution in [2.75, 3.05) is 20.4 Å². The Kier molecular flexibility index (Phi) is 5.96. The molecule has 7 nitrogen and oxygen atoms in total. The number of hydrogen-bond acceptors (Lipinski definition) is 5. The molecule has 1 aliphatic heterocycles. The van der Waals surface area contributed by atoms with Crippen molar-refractivity contribution in [2.24, 2.45) is 0 Å². The summed E-state index contributed by atoms with van der Waals surface area (Å²) in [6.45, 7) is 4.00. The molecule has 2 amide bonds. The standard InChI is InChI=1S/C21H20N2O5/c1-3-10-22-21(25)16(11-14-8-9-18-19(12-14)28-13-27-18)23-20(24)15-6-4-5-7-17(15)26-2/h3-9,11-12H,1,10,13H2,2H3,(H,22,25)(H,23,24)/b16-11+. The highest BCUT2D eigenvalue weighted by Gasteiger charge is 2.18. The summed E-state index contributed by atoms with van der Waals surface area (Å²) in [7, 11) is 1.48. The fraction of sp³-hybridized carbons (Fsp3) is 0.143. The van der Waals surface area contributed by atoms with Gasteiger partial charge in [0.25, 0.3) is 11.8 Å². The molecule has 0 saturated carbocycles. The molecule has 2 N–H and O–H groups in total. The Morgan fingerprint density at radius 2 is 1.96 bits per heavy atom. The van der Waals surface area contributed by atoms with Gasteiger partial charge in [0, 0.05) is 6.54 Å². The largest absolute Gasteiger partial charge is 0.496 e. The van der Waals surface area contributed by atoms with E-state index in [1.165, 1.54) is 7.11 Å². The molecule has 144 valence electrons. The Balaban J connectivity index is 1.89. The fourth-order valence-electron chi connectivity index (χ4n) is 2.61. The molecule has 1 aliphatic rings. The van der Waals surface area contributed by atoms with Gasteiger partial charge >= 0.3 is 0 Å². The van der Waals surface area contributed by atoms with Gasteiger partial charge in [-0.15, -0.1) is 6.58 Å². The molecular weight excluding hydrogens is 360 g/mol. The molecule has 28 heavy (non-hydrogen) atoms. The monoisotopic (exact) mass is 380 g/mol. The van der Waals surface area contributed by atoms with Gasteiger partial charge < -0.3 is 24.8 Å². The summed E-state index contributed by atoms with van der Waals surface area (Å²) < 4.78 is 15.9. The Morgan fingerprint density at radius 3 is 2.75 bits per heavy atom. The number of para-hydroxylation sites is 1. The van der Waals surface area contributed by atoms with Gasteiger partial charge in [0.15, 0.2) is 11.5 Å². The lowest BCUT2D eigenvalue weighted by molar-refractivity contribution is -0.117. The van der Waals surface area contributed by atoms with Crippen molar-refractivity contribution in [3.8, 4) is 17.2 Å². The van der Waals surface area contributed by atoms with Crippen LogP contribution in [0.15, 0.2) is 60.8 Å². The van der Waals surface area contributed by atoms with Gasteiger partial charge in [-0.3, -0.25) is 9.59 Å². The fourth-order valence-corrected chi connectivity index (χ4v) is 2.61. The average molecular weight is 380 g/mol. The number of carbonyl (C=O) groups excluding carboxylic acids is 2. The maximum absolute atomic E-state index is 12.7. The molecule has 0 aromatic heterocycles. The van der Waals surface area contributed by atoms with Crippen LogP contribution in [0.1, 0.15) is 15.9 Å². The highest BCUT2D eigenvalue weighted by molar-refractivity contribution is 6.06. The first kappa shape index (κ1) is 19.0. The molecule has 0 fully saturated rings. The van der Waals surface area contributed by atoms with Crippen LogP contribution in [-0.4, -0.2) is 32.3 Å². The van der Waals surface area contributed by atoms with Crippen LogP contribution >= 0.6 is 0 Å². The highest BCUT2D eigenvalue weighted by Crippen LogP contribution is 2.33. The van der Waals surface area contributed by atoms with E-state index in [-0.39, 0.29) is 19.0 Å². The number of ether oxygens (including phenoxy) is 3. The van der Waals surface area contributed by atoms with E-state index in [2.05, 4.69) is 17.2 Å². The Hall–Kier alpha value is -3.74. The summed E-state index contributed by atoms with van der Waals surface area (Å²) in [5, 5.41) is 5.32. The lowest BCUT2D eigenvalue weighted by atomic mass is 10.1. The van der Waals surface area contributed by atoms with Crippen molar-refractivity contribution in [2.45, 2.75) is 0 Å². The van der Waals surface area contributed by atoms with Crippen molar-refractivity contribution in [1.82, 2.24) is 10.6 Å². The van der Waals surface area contributed by atoms with E-state index in [0.29, 0.717) is 28.4 Å². The molecule has 0 aliphatic carbocycles. The number of nitrogens with one attached hydrogen (secondary N) is 2. The molecule has 0 spiro atoms. The SMILES string of the molecule is C=CCNC(=O)/C(=C\c1ccc2c(c1)OCO2)NC(=O)c1ccccc1OC. The van der Waals surface area contributed by atoms with Crippen molar-refractivity contribution in [3.63, 3.8) is 0 Å². The Morgan fingerprint density at radius 1 is 1.18 bits per heavy atom. The number of benzene rings is 2. The van der Waals surface area contributed by atoms with E-state index in [0.717, 1.165) is 0 Å². The molecular formula is C21H20N2O5. The van der Waals surface area contributed by atoms with E-state index in [4.69, 9.17) is 14.2 Å². The summed E-state index contributed by atoms with van der Waals surface area (Å²) in [4.78, 5) is 25.2. The third-order valence-electron chi connectivity index (χ3n) is 3.96. The molecule has 0 atom stereocenters. The number of carbonyl (C=O) groups is 2. The van der Waals surface area contributed by atoms with Crippen LogP contribution in [0, 0.1) is 0 Å². The minimum Gasteiger partial charge on any atom is -0.496 e. The quantitative estimate of drug-likeness (QED) is 0.569. The molecule has 0 unspecified atom stereocenters. The van der Waals surface area contributed by atoms with Gasteiger partial charge in [0.2, 0.25) is 6.79 Å². The smallest absolute Gasteiger partial charge is 0.268 e. The van der Waals surface area contributed by atoms with Crippen LogP contribution in [0.2, 0.25) is 0 Å². The lowest BCUT2D eigenvalue weighted by Gasteiger charge is -2.12. The summed E-state index contributed by atoms with van der Waals surface area (Å²) in [6, 6.07) is 12.0. The summed E-state index contributed by atoms with van der Waals surface area (Å²) in [5.74, 6) is 0.719. The minimum atomic E-state index is -0.460. The van der Waals surface area contributed by atoms with E-state index >= 15 is 0 Å². The first-order valence-electron chi connectivity index (χ1n) is 8.57. The maximum Gasteiger partial charge on any atom is 0.268 e. The predicted octanol–water partition coefficient (Wildman–Crippen LogP) is 2.50. The van der Waals surface area contributed by atoms with Crippen molar-refractivity contribution >= 4 is 17.9 Å². The van der Waals surface area contributed by atoms with Crippen LogP contribution in [0.25, 0.3) is 6.08 Å². The van der Waals surface area contributed by atoms with Crippen molar-refractivity contribution in [3.05, 3.63) is 71.9 Å². The first-order valence-corrected chi connectivity index (χ1v) is 8.57. The molecule has 1 heterocycles. The molecule has 2 aromatic rings. The third kappa shape index (κ3) is 4.32. The summed E-state index contributed by atoms with van der Waals surface area (Å²) in [5.41, 5.74) is 1.07. The number of amides is 2. The van der Waals surface area contributed by atoms with Gasteiger partial charge in [-0.1, -0.05) is 24.3 Å². The van der Waals surface area contributed by atoms with Gasteiger partial charge in [-0.05, 0) is 35.9 Å². The van der Waals surface area contributed by atoms with E-state index < -0.39 is 11.8 Å². The van der Waals surface area contributed by atoms with Gasteiger partial charge in [-0.25, -0.2) is 0 Å². The van der Waals surface area contributed by atoms with Crippen LogP contribution in [0.3, 0.4) is 0 Å². The van der Waals surface area contributed by atoms with Crippen LogP contribution in [0.5, 0.6) is 17.2 Å². The Labute approximate surface area is 162 Å². The van der Waals surface area contributed by atoms with E-state index in [1.54, 1.807) is 54.6 Å². The molecule has 0 radical (unpaired) electrons. The van der Waals surface area contributed by atoms with Crippen LogP contribution in [0.4, 0.5) is 0 Å². The first-order chi connectivity index (χ1) is 13.6. The average Bonchev–Trinajstić information content (AvgIpc) is 3.19. The minimum absolute atomic E-state index is 0.0802. The number of hydrogen-bond donors (Lipinski definition) is 2. The second-order valence-electron chi connectivity index (χ2n) is 5.82. The molecule has 2 aromatic carbocycles. The van der Waals surface area contributed by atoms with Crippen molar-refractivity contribution < 1.29 is 23.8 Å². The molecule has 0 saturated heterocycles. The van der Waals surface area contributed by atoms with Gasteiger partial charge in [0.05, 0.1) is 12.7 Å². The zero-order valence-electron chi connectivity index (χ0n) is 15.4. The Bertz CT molecular complexity index is 936. The maximum atomic E-state index is 12.7. The number of fused-ring (bicyclic) bond motifs is 1. The predicted molar refractivity (Wildman–Crippen MR) is 104 cm³/mol. The van der Waals surface area contributed by atoms with E-state index in [9.17, 15) is 9.59 Å². The number of rotatable bonds is 7. The van der Waals surface area contributed by atoms with Crippen molar-refractivity contribution in [1.29, 1.82) is 0 Å². The van der Waals surface area contributed by atoms with Crippen LogP contribution < -0.4 is 24.8 Å². The molecule has 0 bridgehead atoms. The van der Waals surface area contributed by atoms with E-state index in [1.807, 2.05) is 0 Å². The second kappa shape index (κ2) is 8.77. The zero-order valence-corrected chi connectivity index (χ0v) is 15.4. The third-order valence-corrected chi connectivity index (χ3v) is 3.96. The lowest BCUT2D eigenvalue weighted by Crippen LogP contribution is -2.35. The molecule has 7 heteroatoms. The summed E-state index contributed by atoms with van der Waals surface area (Å²) >= 11 is 0. The summed E-state index contributed by atoms with van der Waals surface area (Å²) in [6.07, 6.45) is 3.12. The van der Waals surface area contributed by atoms with Crippen LogP contribution in [-0.2, 0) is 4.79 Å². The van der Waals surface area contributed by atoms with Gasteiger partial charge in [0.1, 0.15) is 11.4 Å². The van der Waals surface area contributed by atoms with Gasteiger partial charge in [-0.2, -0.15) is 0 Å².